The lowest BCUT2D eigenvalue weighted by Gasteiger charge is -2.13. The van der Waals surface area contributed by atoms with Crippen LogP contribution < -0.4 is 4.74 Å². The maximum atomic E-state index is 5.44. The SMILES string of the molecule is COc1ccc(-c2n[nH]c3ccccc23)cc1C(C)C. The monoisotopic (exact) mass is 266 g/mol. The Morgan fingerprint density at radius 3 is 2.65 bits per heavy atom. The number of nitrogens with zero attached hydrogens (tertiary/aromatic N) is 1. The number of fused-ring (bicyclic) bond motifs is 1. The predicted molar refractivity (Wildman–Crippen MR) is 82.2 cm³/mol. The van der Waals surface area contributed by atoms with Crippen molar-refractivity contribution in [2.45, 2.75) is 19.8 Å². The van der Waals surface area contributed by atoms with Crippen LogP contribution in [-0.2, 0) is 0 Å². The molecule has 0 saturated heterocycles. The number of H-pyrrole nitrogens is 1. The van der Waals surface area contributed by atoms with Crippen molar-refractivity contribution in [3.63, 3.8) is 0 Å². The van der Waals surface area contributed by atoms with Crippen LogP contribution in [0.25, 0.3) is 22.2 Å². The fourth-order valence-electron chi connectivity index (χ4n) is 2.52. The number of nitrogens with one attached hydrogen (secondary N) is 1. The highest BCUT2D eigenvalue weighted by Gasteiger charge is 2.12. The number of aromatic nitrogens is 2. The molecule has 3 rings (SSSR count). The first-order valence-corrected chi connectivity index (χ1v) is 6.82. The van der Waals surface area contributed by atoms with Gasteiger partial charge in [0.15, 0.2) is 0 Å². The zero-order chi connectivity index (χ0) is 14.1. The van der Waals surface area contributed by atoms with Crippen molar-refractivity contribution in [1.82, 2.24) is 10.2 Å². The van der Waals surface area contributed by atoms with E-state index in [1.54, 1.807) is 7.11 Å². The summed E-state index contributed by atoms with van der Waals surface area (Å²) in [5.74, 6) is 1.35. The number of aromatic amines is 1. The van der Waals surface area contributed by atoms with Crippen molar-refractivity contribution in [1.29, 1.82) is 0 Å². The molecule has 3 heteroatoms. The third-order valence-electron chi connectivity index (χ3n) is 3.60. The summed E-state index contributed by atoms with van der Waals surface area (Å²) in [6.45, 7) is 4.34. The minimum absolute atomic E-state index is 0.412. The van der Waals surface area contributed by atoms with Crippen LogP contribution >= 0.6 is 0 Å². The molecule has 2 aromatic carbocycles. The van der Waals surface area contributed by atoms with Gasteiger partial charge in [-0.25, -0.2) is 0 Å². The zero-order valence-electron chi connectivity index (χ0n) is 12.0. The molecule has 3 aromatic rings. The Labute approximate surface area is 118 Å². The lowest BCUT2D eigenvalue weighted by Crippen LogP contribution is -1.95. The maximum absolute atomic E-state index is 5.44. The van der Waals surface area contributed by atoms with Crippen LogP contribution in [0, 0.1) is 0 Å². The highest BCUT2D eigenvalue weighted by atomic mass is 16.5. The number of methoxy groups -OCH3 is 1. The van der Waals surface area contributed by atoms with Crippen molar-refractivity contribution in [3.05, 3.63) is 48.0 Å². The number of hydrogen-bond donors (Lipinski definition) is 1. The van der Waals surface area contributed by atoms with E-state index >= 15 is 0 Å². The van der Waals surface area contributed by atoms with Gasteiger partial charge in [0.05, 0.1) is 18.3 Å². The highest BCUT2D eigenvalue weighted by molar-refractivity contribution is 5.92. The minimum atomic E-state index is 0.412. The Hall–Kier alpha value is -2.29. The smallest absolute Gasteiger partial charge is 0.122 e. The second kappa shape index (κ2) is 5.00. The van der Waals surface area contributed by atoms with E-state index in [0.717, 1.165) is 27.9 Å². The Morgan fingerprint density at radius 1 is 1.10 bits per heavy atom. The summed E-state index contributed by atoms with van der Waals surface area (Å²) < 4.78 is 5.44. The molecule has 0 aliphatic rings. The molecule has 3 nitrogen and oxygen atoms in total. The fourth-order valence-corrected chi connectivity index (χ4v) is 2.52. The number of benzene rings is 2. The first-order valence-electron chi connectivity index (χ1n) is 6.82. The van der Waals surface area contributed by atoms with E-state index in [9.17, 15) is 0 Å². The molecular weight excluding hydrogens is 248 g/mol. The molecule has 0 unspecified atom stereocenters. The van der Waals surface area contributed by atoms with Crippen molar-refractivity contribution in [2.24, 2.45) is 0 Å². The van der Waals surface area contributed by atoms with Gasteiger partial charge in [-0.05, 0) is 35.7 Å². The van der Waals surface area contributed by atoms with Gasteiger partial charge < -0.3 is 4.74 Å². The Balaban J connectivity index is 2.17. The van der Waals surface area contributed by atoms with E-state index < -0.39 is 0 Å². The van der Waals surface area contributed by atoms with Gasteiger partial charge in [0.2, 0.25) is 0 Å². The third-order valence-corrected chi connectivity index (χ3v) is 3.60. The van der Waals surface area contributed by atoms with Crippen LogP contribution in [0.2, 0.25) is 0 Å². The molecule has 20 heavy (non-hydrogen) atoms. The summed E-state index contributed by atoms with van der Waals surface area (Å²) in [5.41, 5.74) is 4.37. The first-order chi connectivity index (χ1) is 9.70. The van der Waals surface area contributed by atoms with Gasteiger partial charge in [0, 0.05) is 10.9 Å². The molecule has 1 heterocycles. The van der Waals surface area contributed by atoms with E-state index in [1.165, 1.54) is 5.56 Å². The number of ether oxygens (including phenoxy) is 1. The van der Waals surface area contributed by atoms with Gasteiger partial charge in [-0.2, -0.15) is 5.10 Å². The molecule has 1 N–H and O–H groups in total. The third kappa shape index (κ3) is 2.05. The minimum Gasteiger partial charge on any atom is -0.496 e. The van der Waals surface area contributed by atoms with Gasteiger partial charge in [0.1, 0.15) is 5.75 Å². The Morgan fingerprint density at radius 2 is 1.90 bits per heavy atom. The summed E-state index contributed by atoms with van der Waals surface area (Å²) in [5, 5.41) is 8.68. The van der Waals surface area contributed by atoms with Crippen LogP contribution in [-0.4, -0.2) is 17.3 Å². The molecule has 1 aromatic heterocycles. The Bertz CT molecular complexity index is 744. The molecule has 0 atom stereocenters. The van der Waals surface area contributed by atoms with E-state index in [2.05, 4.69) is 42.2 Å². The van der Waals surface area contributed by atoms with Gasteiger partial charge in [0.25, 0.3) is 0 Å². The predicted octanol–water partition coefficient (Wildman–Crippen LogP) is 4.36. The van der Waals surface area contributed by atoms with E-state index in [1.807, 2.05) is 24.3 Å². The molecular formula is C17H18N2O. The molecule has 0 saturated carbocycles. The molecule has 0 spiro atoms. The standard InChI is InChI=1S/C17H18N2O/c1-11(2)14-10-12(8-9-16(14)20-3)17-13-6-4-5-7-15(13)18-19-17/h4-11H,1-3H3,(H,18,19). The summed E-state index contributed by atoms with van der Waals surface area (Å²) in [6.07, 6.45) is 0. The summed E-state index contributed by atoms with van der Waals surface area (Å²) in [6, 6.07) is 14.4. The van der Waals surface area contributed by atoms with Crippen LogP contribution in [0.5, 0.6) is 5.75 Å². The number of rotatable bonds is 3. The van der Waals surface area contributed by atoms with Gasteiger partial charge in [-0.1, -0.05) is 32.0 Å². The molecule has 0 aliphatic carbocycles. The summed E-state index contributed by atoms with van der Waals surface area (Å²) in [7, 11) is 1.71. The van der Waals surface area contributed by atoms with Crippen LogP contribution in [0.15, 0.2) is 42.5 Å². The lowest BCUT2D eigenvalue weighted by molar-refractivity contribution is 0.407. The fraction of sp³-hybridized carbons (Fsp3) is 0.235. The van der Waals surface area contributed by atoms with E-state index in [0.29, 0.717) is 5.92 Å². The van der Waals surface area contributed by atoms with E-state index in [4.69, 9.17) is 4.74 Å². The normalized spacial score (nSPS) is 11.2. The molecule has 0 amide bonds. The van der Waals surface area contributed by atoms with Gasteiger partial charge in [-0.3, -0.25) is 5.10 Å². The van der Waals surface area contributed by atoms with Crippen molar-refractivity contribution in [3.8, 4) is 17.0 Å². The number of hydrogen-bond acceptors (Lipinski definition) is 2. The van der Waals surface area contributed by atoms with Gasteiger partial charge >= 0.3 is 0 Å². The molecule has 0 aliphatic heterocycles. The van der Waals surface area contributed by atoms with Crippen molar-refractivity contribution >= 4 is 10.9 Å². The molecule has 102 valence electrons. The van der Waals surface area contributed by atoms with E-state index in [-0.39, 0.29) is 0 Å². The Kier molecular flexibility index (Phi) is 3.18. The number of para-hydroxylation sites is 1. The topological polar surface area (TPSA) is 37.9 Å². The second-order valence-electron chi connectivity index (χ2n) is 5.23. The summed E-state index contributed by atoms with van der Waals surface area (Å²) >= 11 is 0. The second-order valence-corrected chi connectivity index (χ2v) is 5.23. The lowest BCUT2D eigenvalue weighted by atomic mass is 9.97. The average molecular weight is 266 g/mol. The average Bonchev–Trinajstić information content (AvgIpc) is 2.90. The molecule has 0 bridgehead atoms. The highest BCUT2D eigenvalue weighted by Crippen LogP contribution is 2.33. The van der Waals surface area contributed by atoms with Crippen LogP contribution in [0.1, 0.15) is 25.3 Å². The largest absolute Gasteiger partial charge is 0.496 e. The van der Waals surface area contributed by atoms with Crippen molar-refractivity contribution < 1.29 is 4.74 Å². The zero-order valence-corrected chi connectivity index (χ0v) is 12.0. The molecule has 0 fully saturated rings. The first kappa shape index (κ1) is 12.7. The van der Waals surface area contributed by atoms with Gasteiger partial charge in [-0.15, -0.1) is 0 Å². The van der Waals surface area contributed by atoms with Crippen molar-refractivity contribution in [2.75, 3.05) is 7.11 Å². The maximum Gasteiger partial charge on any atom is 0.122 e. The van der Waals surface area contributed by atoms with Crippen LogP contribution in [0.4, 0.5) is 0 Å². The molecule has 0 radical (unpaired) electrons. The summed E-state index contributed by atoms with van der Waals surface area (Å²) in [4.78, 5) is 0. The van der Waals surface area contributed by atoms with Crippen LogP contribution in [0.3, 0.4) is 0 Å². The quantitative estimate of drug-likeness (QED) is 0.764.